The Morgan fingerprint density at radius 3 is 2.74 bits per heavy atom. The molecular formula is C21H20O6. The van der Waals surface area contributed by atoms with Crippen LogP contribution in [-0.2, 0) is 22.6 Å². The van der Waals surface area contributed by atoms with Crippen molar-refractivity contribution in [1.29, 1.82) is 0 Å². The molecule has 27 heavy (non-hydrogen) atoms. The fourth-order valence-corrected chi connectivity index (χ4v) is 2.81. The third-order valence-corrected chi connectivity index (χ3v) is 4.07. The standard InChI is InChI=1S/C21H20O6/c1-2-25-18-6-4-3-5-14(18)7-10-20(23)26-13-15-11-21(24)27-19-12-16(22)8-9-17(15)19/h3-6,8-9,11-12,22H,2,7,10,13H2,1H3. The maximum absolute atomic E-state index is 12.1. The lowest BCUT2D eigenvalue weighted by Crippen LogP contribution is -2.09. The summed E-state index contributed by atoms with van der Waals surface area (Å²) in [7, 11) is 0. The Hall–Kier alpha value is -3.28. The summed E-state index contributed by atoms with van der Waals surface area (Å²) in [5, 5.41) is 10.1. The largest absolute Gasteiger partial charge is 0.508 e. The Bertz CT molecular complexity index is 1000. The number of aryl methyl sites for hydroxylation is 1. The van der Waals surface area contributed by atoms with Crippen molar-refractivity contribution in [3.63, 3.8) is 0 Å². The molecule has 1 aromatic heterocycles. The van der Waals surface area contributed by atoms with Crippen molar-refractivity contribution in [2.24, 2.45) is 0 Å². The minimum atomic E-state index is -0.565. The molecule has 140 valence electrons. The number of phenols is 1. The Morgan fingerprint density at radius 2 is 1.93 bits per heavy atom. The predicted octanol–water partition coefficient (Wildman–Crippen LogP) is 3.57. The molecule has 6 heteroatoms. The fraction of sp³-hybridized carbons (Fsp3) is 0.238. The van der Waals surface area contributed by atoms with Gasteiger partial charge in [0.25, 0.3) is 0 Å². The zero-order valence-electron chi connectivity index (χ0n) is 14.9. The van der Waals surface area contributed by atoms with Gasteiger partial charge in [0.05, 0.1) is 6.61 Å². The average Bonchev–Trinajstić information content (AvgIpc) is 2.65. The van der Waals surface area contributed by atoms with E-state index in [1.54, 1.807) is 6.07 Å². The van der Waals surface area contributed by atoms with Gasteiger partial charge in [0.15, 0.2) is 0 Å². The lowest BCUT2D eigenvalue weighted by Gasteiger charge is -2.10. The summed E-state index contributed by atoms with van der Waals surface area (Å²) >= 11 is 0. The van der Waals surface area contributed by atoms with Crippen molar-refractivity contribution in [3.8, 4) is 11.5 Å². The summed E-state index contributed by atoms with van der Waals surface area (Å²) in [6.45, 7) is 2.42. The average molecular weight is 368 g/mol. The summed E-state index contributed by atoms with van der Waals surface area (Å²) in [5.41, 5.74) is 1.16. The molecule has 1 heterocycles. The fourth-order valence-electron chi connectivity index (χ4n) is 2.81. The van der Waals surface area contributed by atoms with Crippen LogP contribution in [0, 0.1) is 0 Å². The number of hydrogen-bond acceptors (Lipinski definition) is 6. The Kier molecular flexibility index (Phi) is 5.76. The molecule has 0 unspecified atom stereocenters. The summed E-state index contributed by atoms with van der Waals surface area (Å²) in [6, 6.07) is 13.3. The van der Waals surface area contributed by atoms with Crippen LogP contribution in [0.25, 0.3) is 11.0 Å². The molecular weight excluding hydrogens is 348 g/mol. The molecule has 0 atom stereocenters. The van der Waals surface area contributed by atoms with Crippen molar-refractivity contribution in [1.82, 2.24) is 0 Å². The third kappa shape index (κ3) is 4.67. The van der Waals surface area contributed by atoms with Gasteiger partial charge in [-0.05, 0) is 37.1 Å². The van der Waals surface area contributed by atoms with E-state index >= 15 is 0 Å². The lowest BCUT2D eigenvalue weighted by atomic mass is 10.1. The highest BCUT2D eigenvalue weighted by Crippen LogP contribution is 2.23. The number of benzene rings is 2. The van der Waals surface area contributed by atoms with Gasteiger partial charge >= 0.3 is 11.6 Å². The number of hydrogen-bond donors (Lipinski definition) is 1. The number of carbonyl (C=O) groups excluding carboxylic acids is 1. The number of ether oxygens (including phenoxy) is 2. The van der Waals surface area contributed by atoms with Crippen molar-refractivity contribution < 1.29 is 23.8 Å². The topological polar surface area (TPSA) is 86.0 Å². The maximum Gasteiger partial charge on any atom is 0.336 e. The molecule has 0 fully saturated rings. The number of para-hydroxylation sites is 1. The molecule has 0 aliphatic carbocycles. The minimum Gasteiger partial charge on any atom is -0.508 e. The Labute approximate surface area is 156 Å². The van der Waals surface area contributed by atoms with Crippen LogP contribution in [0.4, 0.5) is 0 Å². The molecule has 0 saturated carbocycles. The number of aromatic hydroxyl groups is 1. The van der Waals surface area contributed by atoms with Crippen LogP contribution >= 0.6 is 0 Å². The third-order valence-electron chi connectivity index (χ3n) is 4.07. The molecule has 3 rings (SSSR count). The minimum absolute atomic E-state index is 0.00671. The van der Waals surface area contributed by atoms with Crippen molar-refractivity contribution >= 4 is 16.9 Å². The number of fused-ring (bicyclic) bond motifs is 1. The lowest BCUT2D eigenvalue weighted by molar-refractivity contribution is -0.144. The molecule has 0 bridgehead atoms. The quantitative estimate of drug-likeness (QED) is 0.507. The number of esters is 1. The molecule has 0 radical (unpaired) electrons. The van der Waals surface area contributed by atoms with Gasteiger partial charge < -0.3 is 19.0 Å². The van der Waals surface area contributed by atoms with Crippen LogP contribution in [0.1, 0.15) is 24.5 Å². The molecule has 6 nitrogen and oxygen atoms in total. The van der Waals surface area contributed by atoms with Gasteiger partial charge in [0.2, 0.25) is 0 Å². The normalized spacial score (nSPS) is 10.7. The number of rotatable bonds is 7. The monoisotopic (exact) mass is 368 g/mol. The summed E-state index contributed by atoms with van der Waals surface area (Å²) in [5.74, 6) is 0.383. The smallest absolute Gasteiger partial charge is 0.336 e. The van der Waals surface area contributed by atoms with Gasteiger partial charge in [-0.25, -0.2) is 4.79 Å². The zero-order chi connectivity index (χ0) is 19.2. The summed E-state index contributed by atoms with van der Waals surface area (Å²) < 4.78 is 15.9. The molecule has 1 N–H and O–H groups in total. The van der Waals surface area contributed by atoms with Gasteiger partial charge in [-0.1, -0.05) is 18.2 Å². The van der Waals surface area contributed by atoms with E-state index in [0.717, 1.165) is 11.3 Å². The highest BCUT2D eigenvalue weighted by Gasteiger charge is 2.11. The molecule has 0 aliphatic heterocycles. The maximum atomic E-state index is 12.1. The molecule has 3 aromatic rings. The van der Waals surface area contributed by atoms with E-state index in [2.05, 4.69) is 0 Å². The van der Waals surface area contributed by atoms with E-state index in [1.165, 1.54) is 18.2 Å². The second-order valence-electron chi connectivity index (χ2n) is 5.97. The molecule has 0 aliphatic rings. The van der Waals surface area contributed by atoms with Crippen LogP contribution in [0.15, 0.2) is 57.7 Å². The van der Waals surface area contributed by atoms with Crippen molar-refractivity contribution in [2.75, 3.05) is 6.61 Å². The molecule has 2 aromatic carbocycles. The van der Waals surface area contributed by atoms with E-state index in [-0.39, 0.29) is 30.3 Å². The summed E-state index contributed by atoms with van der Waals surface area (Å²) in [6.07, 6.45) is 0.699. The second-order valence-corrected chi connectivity index (χ2v) is 5.97. The first-order valence-corrected chi connectivity index (χ1v) is 8.69. The summed E-state index contributed by atoms with van der Waals surface area (Å²) in [4.78, 5) is 23.8. The van der Waals surface area contributed by atoms with Crippen LogP contribution in [-0.4, -0.2) is 17.7 Å². The van der Waals surface area contributed by atoms with E-state index in [4.69, 9.17) is 13.9 Å². The van der Waals surface area contributed by atoms with Gasteiger partial charge in [-0.15, -0.1) is 0 Å². The predicted molar refractivity (Wildman–Crippen MR) is 99.9 cm³/mol. The Morgan fingerprint density at radius 1 is 1.11 bits per heavy atom. The van der Waals surface area contributed by atoms with Crippen LogP contribution in [0.5, 0.6) is 11.5 Å². The van der Waals surface area contributed by atoms with Gasteiger partial charge in [-0.3, -0.25) is 4.79 Å². The number of carbonyl (C=O) groups is 1. The second kappa shape index (κ2) is 8.40. The van der Waals surface area contributed by atoms with Gasteiger partial charge in [-0.2, -0.15) is 0 Å². The first-order valence-electron chi connectivity index (χ1n) is 8.69. The highest BCUT2D eigenvalue weighted by atomic mass is 16.5. The van der Waals surface area contributed by atoms with E-state index < -0.39 is 5.63 Å². The SMILES string of the molecule is CCOc1ccccc1CCC(=O)OCc1cc(=O)oc2cc(O)ccc12. The first kappa shape index (κ1) is 18.5. The van der Waals surface area contributed by atoms with Crippen LogP contribution < -0.4 is 10.4 Å². The van der Waals surface area contributed by atoms with E-state index in [1.807, 2.05) is 31.2 Å². The van der Waals surface area contributed by atoms with Gasteiger partial charge in [0.1, 0.15) is 23.7 Å². The van der Waals surface area contributed by atoms with Crippen LogP contribution in [0.3, 0.4) is 0 Å². The zero-order valence-corrected chi connectivity index (χ0v) is 14.9. The molecule has 0 amide bonds. The highest BCUT2D eigenvalue weighted by molar-refractivity contribution is 5.81. The molecule has 0 spiro atoms. The number of phenolic OH excluding ortho intramolecular Hbond substituents is 1. The molecule has 0 saturated heterocycles. The van der Waals surface area contributed by atoms with Gasteiger partial charge in [0, 0.05) is 29.5 Å². The first-order chi connectivity index (χ1) is 13.1. The Balaban J connectivity index is 1.65. The van der Waals surface area contributed by atoms with Crippen molar-refractivity contribution in [3.05, 3.63) is 70.1 Å². The van der Waals surface area contributed by atoms with E-state index in [9.17, 15) is 14.7 Å². The van der Waals surface area contributed by atoms with Crippen molar-refractivity contribution in [2.45, 2.75) is 26.4 Å². The van der Waals surface area contributed by atoms with E-state index in [0.29, 0.717) is 24.0 Å². The van der Waals surface area contributed by atoms with Crippen LogP contribution in [0.2, 0.25) is 0 Å².